The number of nitrogens with zero attached hydrogens (tertiary/aromatic N) is 3. The number of nitrogens with one attached hydrogen (secondary N) is 1. The Morgan fingerprint density at radius 1 is 1.50 bits per heavy atom. The summed E-state index contributed by atoms with van der Waals surface area (Å²) < 4.78 is 1.35. The zero-order valence-corrected chi connectivity index (χ0v) is 13.2. The summed E-state index contributed by atoms with van der Waals surface area (Å²) in [5.41, 5.74) is 0.202. The number of rotatable bonds is 7. The topological polar surface area (TPSA) is 70.4 Å². The highest BCUT2D eigenvalue weighted by molar-refractivity contribution is 6.32. The minimum Gasteiger partial charge on any atom is -0.396 e. The maximum Gasteiger partial charge on any atom is 0.287 e. The lowest BCUT2D eigenvalue weighted by molar-refractivity contribution is 0.226. The third kappa shape index (κ3) is 4.47. The van der Waals surface area contributed by atoms with E-state index < -0.39 is 0 Å². The van der Waals surface area contributed by atoms with Crippen molar-refractivity contribution in [1.29, 1.82) is 0 Å². The van der Waals surface area contributed by atoms with Gasteiger partial charge in [0.15, 0.2) is 0 Å². The largest absolute Gasteiger partial charge is 0.396 e. The van der Waals surface area contributed by atoms with Crippen LogP contribution in [0.1, 0.15) is 13.8 Å². The average Bonchev–Trinajstić information content (AvgIpc) is 2.41. The average molecular weight is 303 g/mol. The smallest absolute Gasteiger partial charge is 0.287 e. The van der Waals surface area contributed by atoms with Gasteiger partial charge in [0.2, 0.25) is 0 Å². The molecule has 114 valence electrons. The van der Waals surface area contributed by atoms with Crippen LogP contribution in [0.4, 0.5) is 5.69 Å². The van der Waals surface area contributed by atoms with Crippen molar-refractivity contribution in [2.45, 2.75) is 26.4 Å². The molecule has 0 fully saturated rings. The standard InChI is InChI=1S/C13H23ClN4O2/c1-9(8-19)10(2)16-11-7-15-18(6-5-17(3)4)13(20)12(11)14/h7,9-10,16,19H,5-6,8H2,1-4H3. The van der Waals surface area contributed by atoms with Crippen LogP contribution in [0.3, 0.4) is 0 Å². The third-order valence-electron chi connectivity index (χ3n) is 3.27. The molecule has 1 aromatic rings. The molecule has 0 saturated carbocycles. The van der Waals surface area contributed by atoms with Gasteiger partial charge in [0, 0.05) is 19.2 Å². The molecular formula is C13H23ClN4O2. The summed E-state index contributed by atoms with van der Waals surface area (Å²) in [6, 6.07) is -0.00340. The van der Waals surface area contributed by atoms with Gasteiger partial charge in [0.05, 0.1) is 18.4 Å². The molecule has 0 radical (unpaired) electrons. The van der Waals surface area contributed by atoms with E-state index in [1.807, 2.05) is 32.8 Å². The Morgan fingerprint density at radius 3 is 2.70 bits per heavy atom. The van der Waals surface area contributed by atoms with Gasteiger partial charge in [-0.05, 0) is 26.9 Å². The lowest BCUT2D eigenvalue weighted by atomic mass is 10.1. The summed E-state index contributed by atoms with van der Waals surface area (Å²) in [7, 11) is 3.86. The number of hydrogen-bond acceptors (Lipinski definition) is 5. The molecule has 1 aromatic heterocycles. The number of aliphatic hydroxyl groups is 1. The van der Waals surface area contributed by atoms with Crippen molar-refractivity contribution in [3.05, 3.63) is 21.6 Å². The SMILES string of the molecule is CC(CO)C(C)Nc1cnn(CCN(C)C)c(=O)c1Cl. The first kappa shape index (κ1) is 16.9. The number of anilines is 1. The van der Waals surface area contributed by atoms with E-state index in [1.165, 1.54) is 4.68 Å². The normalized spacial score (nSPS) is 14.3. The van der Waals surface area contributed by atoms with E-state index in [1.54, 1.807) is 6.20 Å². The molecule has 0 spiro atoms. The van der Waals surface area contributed by atoms with Gasteiger partial charge in [-0.3, -0.25) is 4.79 Å². The maximum absolute atomic E-state index is 12.1. The van der Waals surface area contributed by atoms with Crippen LogP contribution in [0.15, 0.2) is 11.0 Å². The Balaban J connectivity index is 2.86. The number of likely N-dealkylation sites (N-methyl/N-ethyl adjacent to an activating group) is 1. The highest BCUT2D eigenvalue weighted by Crippen LogP contribution is 2.18. The van der Waals surface area contributed by atoms with Crippen LogP contribution in [0.2, 0.25) is 5.02 Å². The zero-order chi connectivity index (χ0) is 15.3. The summed E-state index contributed by atoms with van der Waals surface area (Å²) in [4.78, 5) is 14.1. The fourth-order valence-corrected chi connectivity index (χ4v) is 1.77. The Labute approximate surface area is 124 Å². The Bertz CT molecular complexity index is 490. The van der Waals surface area contributed by atoms with Crippen LogP contribution in [0.5, 0.6) is 0 Å². The molecule has 0 amide bonds. The quantitative estimate of drug-likeness (QED) is 0.783. The summed E-state index contributed by atoms with van der Waals surface area (Å²) in [5.74, 6) is 0.0576. The Kier molecular flexibility index (Phi) is 6.45. The van der Waals surface area contributed by atoms with Crippen LogP contribution in [0.25, 0.3) is 0 Å². The molecule has 20 heavy (non-hydrogen) atoms. The summed E-state index contributed by atoms with van der Waals surface area (Å²) >= 11 is 6.09. The van der Waals surface area contributed by atoms with Gasteiger partial charge in [-0.2, -0.15) is 5.10 Å². The van der Waals surface area contributed by atoms with E-state index in [-0.39, 0.29) is 29.1 Å². The molecule has 0 aromatic carbocycles. The minimum atomic E-state index is -0.303. The molecule has 1 heterocycles. The Hall–Kier alpha value is -1.11. The second-order valence-electron chi connectivity index (χ2n) is 5.30. The predicted molar refractivity (Wildman–Crippen MR) is 81.4 cm³/mol. The molecule has 0 aliphatic carbocycles. The molecule has 1 rings (SSSR count). The van der Waals surface area contributed by atoms with Gasteiger partial charge in [-0.25, -0.2) is 4.68 Å². The van der Waals surface area contributed by atoms with Crippen LogP contribution >= 0.6 is 11.6 Å². The van der Waals surface area contributed by atoms with E-state index in [9.17, 15) is 4.79 Å². The summed E-state index contributed by atoms with van der Waals surface area (Å²) in [5, 5.41) is 16.5. The van der Waals surface area contributed by atoms with Crippen molar-refractivity contribution < 1.29 is 5.11 Å². The maximum atomic E-state index is 12.1. The van der Waals surface area contributed by atoms with Crippen LogP contribution in [0, 0.1) is 5.92 Å². The second-order valence-corrected chi connectivity index (χ2v) is 5.67. The molecule has 0 aliphatic rings. The van der Waals surface area contributed by atoms with E-state index in [2.05, 4.69) is 10.4 Å². The van der Waals surface area contributed by atoms with Crippen LogP contribution < -0.4 is 10.9 Å². The number of aromatic nitrogens is 2. The lowest BCUT2D eigenvalue weighted by Crippen LogP contribution is -2.31. The first-order valence-electron chi connectivity index (χ1n) is 6.64. The van der Waals surface area contributed by atoms with Crippen molar-refractivity contribution in [1.82, 2.24) is 14.7 Å². The Morgan fingerprint density at radius 2 is 2.15 bits per heavy atom. The number of hydrogen-bond donors (Lipinski definition) is 2. The van der Waals surface area contributed by atoms with Crippen molar-refractivity contribution in [3.8, 4) is 0 Å². The van der Waals surface area contributed by atoms with E-state index in [0.29, 0.717) is 18.8 Å². The van der Waals surface area contributed by atoms with Crippen molar-refractivity contribution in [2.75, 3.05) is 32.6 Å². The summed E-state index contributed by atoms with van der Waals surface area (Å²) in [6.45, 7) is 5.12. The minimum absolute atomic E-state index is 0.00340. The summed E-state index contributed by atoms with van der Waals surface area (Å²) in [6.07, 6.45) is 1.56. The van der Waals surface area contributed by atoms with Crippen LogP contribution in [-0.4, -0.2) is 53.1 Å². The highest BCUT2D eigenvalue weighted by atomic mass is 35.5. The molecule has 2 unspecified atom stereocenters. The number of aliphatic hydroxyl groups excluding tert-OH is 1. The molecule has 2 N–H and O–H groups in total. The van der Waals surface area contributed by atoms with E-state index in [4.69, 9.17) is 16.7 Å². The molecule has 0 bridgehead atoms. The van der Waals surface area contributed by atoms with Gasteiger partial charge >= 0.3 is 0 Å². The number of halogens is 1. The molecule has 2 atom stereocenters. The zero-order valence-electron chi connectivity index (χ0n) is 12.4. The first-order valence-corrected chi connectivity index (χ1v) is 7.02. The van der Waals surface area contributed by atoms with Crippen LogP contribution in [-0.2, 0) is 6.54 Å². The van der Waals surface area contributed by atoms with Gasteiger partial charge in [-0.1, -0.05) is 18.5 Å². The van der Waals surface area contributed by atoms with Gasteiger partial charge in [-0.15, -0.1) is 0 Å². The molecule has 6 nitrogen and oxygen atoms in total. The van der Waals surface area contributed by atoms with E-state index >= 15 is 0 Å². The monoisotopic (exact) mass is 302 g/mol. The molecule has 0 aliphatic heterocycles. The molecule has 0 saturated heterocycles. The first-order chi connectivity index (χ1) is 9.36. The van der Waals surface area contributed by atoms with Gasteiger partial charge < -0.3 is 15.3 Å². The van der Waals surface area contributed by atoms with E-state index in [0.717, 1.165) is 0 Å². The third-order valence-corrected chi connectivity index (χ3v) is 3.63. The predicted octanol–water partition coefficient (Wildman–Crippen LogP) is 0.887. The van der Waals surface area contributed by atoms with Gasteiger partial charge in [0.25, 0.3) is 5.56 Å². The lowest BCUT2D eigenvalue weighted by Gasteiger charge is -2.21. The fraction of sp³-hybridized carbons (Fsp3) is 0.692. The molecular weight excluding hydrogens is 280 g/mol. The highest BCUT2D eigenvalue weighted by Gasteiger charge is 2.15. The molecule has 7 heteroatoms. The van der Waals surface area contributed by atoms with Gasteiger partial charge in [0.1, 0.15) is 5.02 Å². The van der Waals surface area contributed by atoms with Crippen molar-refractivity contribution in [2.24, 2.45) is 5.92 Å². The van der Waals surface area contributed by atoms with Crippen molar-refractivity contribution in [3.63, 3.8) is 0 Å². The fourth-order valence-electron chi connectivity index (χ4n) is 1.57. The second kappa shape index (κ2) is 7.61. The van der Waals surface area contributed by atoms with Crippen molar-refractivity contribution >= 4 is 17.3 Å².